The summed E-state index contributed by atoms with van der Waals surface area (Å²) >= 11 is 5.91. The van der Waals surface area contributed by atoms with E-state index in [-0.39, 0.29) is 11.8 Å². The van der Waals surface area contributed by atoms with Crippen LogP contribution in [0.1, 0.15) is 29.3 Å². The van der Waals surface area contributed by atoms with Crippen LogP contribution < -0.4 is 0 Å². The van der Waals surface area contributed by atoms with E-state index >= 15 is 0 Å². The molecule has 4 rings (SSSR count). The number of amides is 1. The molecule has 1 aliphatic rings. The van der Waals surface area contributed by atoms with Crippen molar-refractivity contribution in [3.05, 3.63) is 70.5 Å². The molecule has 6 nitrogen and oxygen atoms in total. The number of aromatic nitrogens is 2. The van der Waals surface area contributed by atoms with E-state index in [0.29, 0.717) is 47.4 Å². The van der Waals surface area contributed by atoms with Crippen molar-refractivity contribution in [2.24, 2.45) is 0 Å². The summed E-state index contributed by atoms with van der Waals surface area (Å²) in [6.45, 7) is 1.07. The topological polar surface area (TPSA) is 83.0 Å². The molecule has 0 aliphatic carbocycles. The molecule has 0 spiro atoms. The number of halogens is 1. The standard InChI is InChI=1S/C20H15ClN4O2/c21-17-6-4-13(5-7-17)11-25-12-16(9-18(25)26)19-23-20(27-24-19)15-3-1-2-14(8-15)10-22/h1-8,16H,9,11-12H2. The van der Waals surface area contributed by atoms with Crippen molar-refractivity contribution >= 4 is 17.5 Å². The maximum Gasteiger partial charge on any atom is 0.257 e. The molecule has 0 N–H and O–H groups in total. The van der Waals surface area contributed by atoms with Gasteiger partial charge in [-0.05, 0) is 35.9 Å². The summed E-state index contributed by atoms with van der Waals surface area (Å²) in [6, 6.07) is 16.5. The predicted octanol–water partition coefficient (Wildman–Crippen LogP) is 3.78. The number of hydrogen-bond donors (Lipinski definition) is 0. The maximum atomic E-state index is 12.4. The first kappa shape index (κ1) is 17.3. The monoisotopic (exact) mass is 378 g/mol. The number of carbonyl (C=O) groups is 1. The van der Waals surface area contributed by atoms with E-state index in [0.717, 1.165) is 5.56 Å². The molecule has 134 valence electrons. The van der Waals surface area contributed by atoms with Gasteiger partial charge in [0, 0.05) is 36.0 Å². The van der Waals surface area contributed by atoms with Crippen molar-refractivity contribution < 1.29 is 9.32 Å². The molecule has 27 heavy (non-hydrogen) atoms. The highest BCUT2D eigenvalue weighted by atomic mass is 35.5. The molecule has 0 radical (unpaired) electrons. The summed E-state index contributed by atoms with van der Waals surface area (Å²) in [5.41, 5.74) is 2.24. The minimum Gasteiger partial charge on any atom is -0.338 e. The van der Waals surface area contributed by atoms with Gasteiger partial charge in [-0.25, -0.2) is 0 Å². The van der Waals surface area contributed by atoms with E-state index in [4.69, 9.17) is 21.4 Å². The maximum absolute atomic E-state index is 12.4. The fraction of sp³-hybridized carbons (Fsp3) is 0.200. The van der Waals surface area contributed by atoms with Crippen LogP contribution in [0.3, 0.4) is 0 Å². The van der Waals surface area contributed by atoms with Gasteiger partial charge in [0.15, 0.2) is 5.82 Å². The SMILES string of the molecule is N#Cc1cccc(-c2nc(C3CC(=O)N(Cc4ccc(Cl)cc4)C3)no2)c1. The van der Waals surface area contributed by atoms with Gasteiger partial charge in [-0.2, -0.15) is 10.2 Å². The highest BCUT2D eigenvalue weighted by Crippen LogP contribution is 2.29. The normalized spacial score (nSPS) is 16.5. The summed E-state index contributed by atoms with van der Waals surface area (Å²) in [5.74, 6) is 0.819. The molecule has 1 atom stereocenters. The van der Waals surface area contributed by atoms with Crippen molar-refractivity contribution in [3.8, 4) is 17.5 Å². The molecule has 1 fully saturated rings. The van der Waals surface area contributed by atoms with Gasteiger partial charge in [0.1, 0.15) is 0 Å². The molecule has 1 unspecified atom stereocenters. The van der Waals surface area contributed by atoms with Crippen molar-refractivity contribution in [2.75, 3.05) is 6.54 Å². The number of benzene rings is 2. The molecule has 0 bridgehead atoms. The van der Waals surface area contributed by atoms with Crippen LogP contribution in [0.4, 0.5) is 0 Å². The molecule has 2 heterocycles. The summed E-state index contributed by atoms with van der Waals surface area (Å²) < 4.78 is 5.35. The van der Waals surface area contributed by atoms with Gasteiger partial charge < -0.3 is 9.42 Å². The van der Waals surface area contributed by atoms with E-state index in [1.54, 1.807) is 23.1 Å². The Labute approximate surface area is 161 Å². The van der Waals surface area contributed by atoms with E-state index in [9.17, 15) is 4.79 Å². The minimum absolute atomic E-state index is 0.0628. The van der Waals surface area contributed by atoms with Gasteiger partial charge in [0.2, 0.25) is 5.91 Å². The van der Waals surface area contributed by atoms with Crippen molar-refractivity contribution in [1.29, 1.82) is 5.26 Å². The fourth-order valence-electron chi connectivity index (χ4n) is 3.15. The summed E-state index contributed by atoms with van der Waals surface area (Å²) in [6.07, 6.45) is 0.352. The summed E-state index contributed by atoms with van der Waals surface area (Å²) in [7, 11) is 0. The first-order valence-corrected chi connectivity index (χ1v) is 8.86. The Morgan fingerprint density at radius 2 is 2.07 bits per heavy atom. The second kappa shape index (κ2) is 7.22. The number of likely N-dealkylation sites (tertiary alicyclic amines) is 1. The number of carbonyl (C=O) groups excluding carboxylic acids is 1. The van der Waals surface area contributed by atoms with Gasteiger partial charge in [-0.15, -0.1) is 0 Å². The first-order chi connectivity index (χ1) is 13.1. The lowest BCUT2D eigenvalue weighted by Gasteiger charge is -2.16. The summed E-state index contributed by atoms with van der Waals surface area (Å²) in [4.78, 5) is 18.6. The van der Waals surface area contributed by atoms with E-state index in [1.807, 2.05) is 30.3 Å². The van der Waals surface area contributed by atoms with E-state index in [2.05, 4.69) is 16.2 Å². The molecule has 1 saturated heterocycles. The molecule has 0 saturated carbocycles. The Bertz CT molecular complexity index is 1020. The van der Waals surface area contributed by atoms with E-state index < -0.39 is 0 Å². The van der Waals surface area contributed by atoms with Crippen molar-refractivity contribution in [3.63, 3.8) is 0 Å². The second-order valence-corrected chi connectivity index (χ2v) is 6.89. The smallest absolute Gasteiger partial charge is 0.257 e. The van der Waals surface area contributed by atoms with Crippen LogP contribution in [-0.2, 0) is 11.3 Å². The third-order valence-electron chi connectivity index (χ3n) is 4.55. The number of hydrogen-bond acceptors (Lipinski definition) is 5. The zero-order valence-corrected chi connectivity index (χ0v) is 15.1. The van der Waals surface area contributed by atoms with Crippen LogP contribution in [0.5, 0.6) is 0 Å². The molecule has 3 aromatic rings. The molecular weight excluding hydrogens is 364 g/mol. The van der Waals surface area contributed by atoms with E-state index in [1.165, 1.54) is 0 Å². The lowest BCUT2D eigenvalue weighted by molar-refractivity contribution is -0.128. The zero-order valence-electron chi connectivity index (χ0n) is 14.3. The minimum atomic E-state index is -0.110. The van der Waals surface area contributed by atoms with Crippen LogP contribution in [0.15, 0.2) is 53.1 Å². The Hall–Kier alpha value is -3.17. The molecule has 2 aromatic carbocycles. The first-order valence-electron chi connectivity index (χ1n) is 8.49. The van der Waals surface area contributed by atoms with Crippen LogP contribution in [0, 0.1) is 11.3 Å². The van der Waals surface area contributed by atoms with Crippen molar-refractivity contribution in [2.45, 2.75) is 18.9 Å². The van der Waals surface area contributed by atoms with Gasteiger partial charge in [-0.3, -0.25) is 4.79 Å². The Kier molecular flexibility index (Phi) is 4.61. The number of nitriles is 1. The van der Waals surface area contributed by atoms with Crippen LogP contribution in [0.2, 0.25) is 5.02 Å². The fourth-order valence-corrected chi connectivity index (χ4v) is 3.27. The Morgan fingerprint density at radius 1 is 1.26 bits per heavy atom. The van der Waals surface area contributed by atoms with Crippen LogP contribution >= 0.6 is 11.6 Å². The highest BCUT2D eigenvalue weighted by molar-refractivity contribution is 6.30. The molecule has 1 aliphatic heterocycles. The average molecular weight is 379 g/mol. The molecule has 1 aromatic heterocycles. The quantitative estimate of drug-likeness (QED) is 0.689. The number of rotatable bonds is 4. The molecular formula is C20H15ClN4O2. The van der Waals surface area contributed by atoms with Gasteiger partial charge in [0.05, 0.1) is 11.6 Å². The third kappa shape index (κ3) is 3.69. The molecule has 1 amide bonds. The average Bonchev–Trinajstić information content (AvgIpc) is 3.31. The summed E-state index contributed by atoms with van der Waals surface area (Å²) in [5, 5.41) is 13.7. The zero-order chi connectivity index (χ0) is 18.8. The van der Waals surface area contributed by atoms with Crippen LogP contribution in [-0.4, -0.2) is 27.5 Å². The Morgan fingerprint density at radius 3 is 2.85 bits per heavy atom. The van der Waals surface area contributed by atoms with Gasteiger partial charge in [0.25, 0.3) is 5.89 Å². The van der Waals surface area contributed by atoms with Gasteiger partial charge >= 0.3 is 0 Å². The second-order valence-electron chi connectivity index (χ2n) is 6.45. The lowest BCUT2D eigenvalue weighted by Crippen LogP contribution is -2.24. The Balaban J connectivity index is 1.48. The molecule has 7 heteroatoms. The van der Waals surface area contributed by atoms with Crippen LogP contribution in [0.25, 0.3) is 11.5 Å². The van der Waals surface area contributed by atoms with Gasteiger partial charge in [-0.1, -0.05) is 35.0 Å². The third-order valence-corrected chi connectivity index (χ3v) is 4.80. The lowest BCUT2D eigenvalue weighted by atomic mass is 10.1. The predicted molar refractivity (Wildman–Crippen MR) is 98.7 cm³/mol. The van der Waals surface area contributed by atoms with Crippen molar-refractivity contribution in [1.82, 2.24) is 15.0 Å². The number of nitrogens with zero attached hydrogens (tertiary/aromatic N) is 4. The largest absolute Gasteiger partial charge is 0.338 e. The highest BCUT2D eigenvalue weighted by Gasteiger charge is 2.33.